The van der Waals surface area contributed by atoms with Gasteiger partial charge in [-0.2, -0.15) is 0 Å². The van der Waals surface area contributed by atoms with Crippen LogP contribution in [0.5, 0.6) is 0 Å². The second-order valence-corrected chi connectivity index (χ2v) is 6.22. The van der Waals surface area contributed by atoms with Gasteiger partial charge in [0.1, 0.15) is 0 Å². The van der Waals surface area contributed by atoms with Crippen molar-refractivity contribution >= 4 is 63.1 Å². The summed E-state index contributed by atoms with van der Waals surface area (Å²) in [5.41, 5.74) is 2.02. The maximum absolute atomic E-state index is 12.2. The minimum absolute atomic E-state index is 0.163. The summed E-state index contributed by atoms with van der Waals surface area (Å²) >= 11 is 7.11. The van der Waals surface area contributed by atoms with Gasteiger partial charge in [-0.3, -0.25) is 9.59 Å². The number of carbonyl (C=O) groups excluding carboxylic acids is 2. The lowest BCUT2D eigenvalue weighted by atomic mass is 10.2. The topological polar surface area (TPSA) is 70.2 Å². The molecule has 0 aromatic heterocycles. The molecule has 0 fully saturated rings. The molecule has 0 spiro atoms. The number of carbonyl (C=O) groups is 2. The molecule has 7 heteroatoms. The van der Waals surface area contributed by atoms with Crippen molar-refractivity contribution in [2.75, 3.05) is 10.6 Å². The van der Waals surface area contributed by atoms with Crippen molar-refractivity contribution in [1.29, 1.82) is 0 Å². The molecule has 5 nitrogen and oxygen atoms in total. The maximum Gasteiger partial charge on any atom is 0.256 e. The summed E-state index contributed by atoms with van der Waals surface area (Å²) < 4.78 is 0.890. The van der Waals surface area contributed by atoms with E-state index in [1.807, 2.05) is 18.2 Å². The molecule has 0 aliphatic carbocycles. The van der Waals surface area contributed by atoms with Crippen LogP contribution < -0.4 is 16.0 Å². The van der Waals surface area contributed by atoms with Gasteiger partial charge in [-0.25, -0.2) is 0 Å². The number of rotatable bonds is 3. The molecule has 3 N–H and O–H groups in total. The van der Waals surface area contributed by atoms with E-state index in [4.69, 9.17) is 12.2 Å². The van der Waals surface area contributed by atoms with Gasteiger partial charge in [-0.15, -0.1) is 0 Å². The minimum atomic E-state index is -0.233. The molecule has 0 radical (unpaired) electrons. The molecule has 0 aliphatic heterocycles. The number of halogens is 1. The van der Waals surface area contributed by atoms with Gasteiger partial charge in [0, 0.05) is 21.9 Å². The van der Waals surface area contributed by atoms with E-state index >= 15 is 0 Å². The van der Waals surface area contributed by atoms with Crippen LogP contribution >= 0.6 is 34.8 Å². The van der Waals surface area contributed by atoms with E-state index in [0.717, 1.165) is 9.26 Å². The Labute approximate surface area is 153 Å². The summed E-state index contributed by atoms with van der Waals surface area (Å²) in [7, 11) is 0. The average molecular weight is 439 g/mol. The first-order valence-electron chi connectivity index (χ1n) is 6.70. The van der Waals surface area contributed by atoms with E-state index in [2.05, 4.69) is 38.5 Å². The second-order valence-electron chi connectivity index (χ2n) is 4.65. The summed E-state index contributed by atoms with van der Waals surface area (Å²) in [6.45, 7) is 1.39. The molecule has 0 atom stereocenters. The number of hydrogen-bond donors (Lipinski definition) is 3. The predicted molar refractivity (Wildman–Crippen MR) is 104 cm³/mol. The van der Waals surface area contributed by atoms with Gasteiger partial charge in [0.2, 0.25) is 5.91 Å². The number of thiocarbonyl (C=S) groups is 1. The van der Waals surface area contributed by atoms with Crippen molar-refractivity contribution in [3.8, 4) is 0 Å². The summed E-state index contributed by atoms with van der Waals surface area (Å²) in [6.07, 6.45) is 0. The average Bonchev–Trinajstić information content (AvgIpc) is 2.48. The van der Waals surface area contributed by atoms with Crippen LogP contribution in [0, 0.1) is 3.57 Å². The molecule has 23 heavy (non-hydrogen) atoms. The molecule has 2 aromatic rings. The summed E-state index contributed by atoms with van der Waals surface area (Å²) in [5, 5.41) is 8.42. The molecule has 0 bridgehead atoms. The Bertz CT molecular complexity index is 747. The Morgan fingerprint density at radius 3 is 2.09 bits per heavy atom. The fourth-order valence-corrected chi connectivity index (χ4v) is 2.70. The SMILES string of the molecule is CC(=O)NC(=S)Nc1ccc(NC(=O)c2ccccc2I)cc1. The molecule has 2 amide bonds. The quantitative estimate of drug-likeness (QED) is 0.507. The Balaban J connectivity index is 2.00. The molecular formula is C16H14IN3O2S. The number of anilines is 2. The zero-order valence-electron chi connectivity index (χ0n) is 12.2. The van der Waals surface area contributed by atoms with Crippen LogP contribution in [0.15, 0.2) is 48.5 Å². The third-order valence-corrected chi connectivity index (χ3v) is 3.95. The molecule has 0 unspecified atom stereocenters. The van der Waals surface area contributed by atoms with Crippen molar-refractivity contribution < 1.29 is 9.59 Å². The zero-order valence-corrected chi connectivity index (χ0v) is 15.2. The van der Waals surface area contributed by atoms with Crippen molar-refractivity contribution in [2.45, 2.75) is 6.92 Å². The van der Waals surface area contributed by atoms with Gasteiger partial charge >= 0.3 is 0 Å². The van der Waals surface area contributed by atoms with Crippen molar-refractivity contribution in [3.05, 3.63) is 57.7 Å². The van der Waals surface area contributed by atoms with Crippen LogP contribution in [0.2, 0.25) is 0 Å². The van der Waals surface area contributed by atoms with Crippen molar-refractivity contribution in [2.24, 2.45) is 0 Å². The number of amides is 2. The third kappa shape index (κ3) is 5.29. The Kier molecular flexibility index (Phi) is 6.05. The highest BCUT2D eigenvalue weighted by Crippen LogP contribution is 2.17. The van der Waals surface area contributed by atoms with E-state index < -0.39 is 0 Å². The highest BCUT2D eigenvalue weighted by Gasteiger charge is 2.09. The van der Waals surface area contributed by atoms with E-state index in [1.165, 1.54) is 6.92 Å². The fraction of sp³-hybridized carbons (Fsp3) is 0.0625. The Morgan fingerprint density at radius 2 is 1.52 bits per heavy atom. The van der Waals surface area contributed by atoms with Crippen LogP contribution in [-0.4, -0.2) is 16.9 Å². The first kappa shape index (κ1) is 17.4. The summed E-state index contributed by atoms with van der Waals surface area (Å²) in [6, 6.07) is 14.4. The first-order valence-corrected chi connectivity index (χ1v) is 8.19. The normalized spacial score (nSPS) is 9.83. The molecule has 2 aromatic carbocycles. The monoisotopic (exact) mass is 439 g/mol. The number of benzene rings is 2. The minimum Gasteiger partial charge on any atom is -0.332 e. The Hall–Kier alpha value is -2.00. The predicted octanol–water partition coefficient (Wildman–Crippen LogP) is 3.38. The van der Waals surface area contributed by atoms with Gasteiger partial charge in [0.05, 0.1) is 5.56 Å². The van der Waals surface area contributed by atoms with Crippen LogP contribution in [0.3, 0.4) is 0 Å². The van der Waals surface area contributed by atoms with Crippen LogP contribution in [0.4, 0.5) is 11.4 Å². The molecule has 0 aliphatic rings. The van der Waals surface area contributed by atoms with Crippen molar-refractivity contribution in [1.82, 2.24) is 5.32 Å². The maximum atomic E-state index is 12.2. The third-order valence-electron chi connectivity index (χ3n) is 2.81. The first-order chi connectivity index (χ1) is 11.0. The van der Waals surface area contributed by atoms with Crippen LogP contribution in [0.25, 0.3) is 0 Å². The molecule has 118 valence electrons. The smallest absolute Gasteiger partial charge is 0.256 e. The van der Waals surface area contributed by atoms with Gasteiger partial charge in [-0.05, 0) is 71.2 Å². The van der Waals surface area contributed by atoms with E-state index in [1.54, 1.807) is 30.3 Å². The summed E-state index contributed by atoms with van der Waals surface area (Å²) in [5.74, 6) is -0.395. The number of hydrogen-bond acceptors (Lipinski definition) is 3. The van der Waals surface area contributed by atoms with Crippen LogP contribution in [-0.2, 0) is 4.79 Å². The molecule has 0 heterocycles. The molecule has 0 saturated heterocycles. The highest BCUT2D eigenvalue weighted by molar-refractivity contribution is 14.1. The highest BCUT2D eigenvalue weighted by atomic mass is 127. The lowest BCUT2D eigenvalue weighted by molar-refractivity contribution is -0.117. The van der Waals surface area contributed by atoms with Crippen molar-refractivity contribution in [3.63, 3.8) is 0 Å². The van der Waals surface area contributed by atoms with E-state index in [9.17, 15) is 9.59 Å². The van der Waals surface area contributed by atoms with Gasteiger partial charge in [0.25, 0.3) is 5.91 Å². The molecule has 0 saturated carbocycles. The second kappa shape index (κ2) is 8.02. The van der Waals surface area contributed by atoms with Gasteiger partial charge < -0.3 is 16.0 Å². The number of nitrogens with one attached hydrogen (secondary N) is 3. The summed E-state index contributed by atoms with van der Waals surface area (Å²) in [4.78, 5) is 23.1. The lowest BCUT2D eigenvalue weighted by Crippen LogP contribution is -2.32. The largest absolute Gasteiger partial charge is 0.332 e. The van der Waals surface area contributed by atoms with E-state index in [-0.39, 0.29) is 16.9 Å². The van der Waals surface area contributed by atoms with E-state index in [0.29, 0.717) is 11.3 Å². The van der Waals surface area contributed by atoms with Crippen LogP contribution in [0.1, 0.15) is 17.3 Å². The fourth-order valence-electron chi connectivity index (χ4n) is 1.80. The lowest BCUT2D eigenvalue weighted by Gasteiger charge is -2.10. The van der Waals surface area contributed by atoms with Gasteiger partial charge in [-0.1, -0.05) is 12.1 Å². The zero-order chi connectivity index (χ0) is 16.8. The standard InChI is InChI=1S/C16H14IN3O2S/c1-10(21)18-16(23)20-12-8-6-11(7-9-12)19-15(22)13-4-2-3-5-14(13)17/h2-9H,1H3,(H,19,22)(H2,18,20,21,23). The Morgan fingerprint density at radius 1 is 0.957 bits per heavy atom. The molecular weight excluding hydrogens is 425 g/mol. The molecule has 2 rings (SSSR count). The van der Waals surface area contributed by atoms with Gasteiger partial charge in [0.15, 0.2) is 5.11 Å².